The van der Waals surface area contributed by atoms with Gasteiger partial charge in [-0.25, -0.2) is 0 Å². The number of rotatable bonds is 1. The summed E-state index contributed by atoms with van der Waals surface area (Å²) in [7, 11) is 0. The van der Waals surface area contributed by atoms with Crippen molar-refractivity contribution in [3.05, 3.63) is 35.4 Å². The lowest BCUT2D eigenvalue weighted by Crippen LogP contribution is -1.91. The zero-order valence-corrected chi connectivity index (χ0v) is 6.81. The maximum Gasteiger partial charge on any atom is 0.0249 e. The monoisotopic (exact) mass is 154 g/mol. The molecule has 1 aliphatic carbocycles. The molecule has 1 heteroatoms. The SMILES string of the molecule is CCC1C=CC=CC=C1Cl. The highest BCUT2D eigenvalue weighted by molar-refractivity contribution is 6.30. The van der Waals surface area contributed by atoms with Gasteiger partial charge in [0.25, 0.3) is 0 Å². The summed E-state index contributed by atoms with van der Waals surface area (Å²) >= 11 is 5.95. The molecule has 0 aromatic rings. The van der Waals surface area contributed by atoms with Crippen LogP contribution in [0.3, 0.4) is 0 Å². The van der Waals surface area contributed by atoms with E-state index in [0.29, 0.717) is 5.92 Å². The van der Waals surface area contributed by atoms with E-state index in [9.17, 15) is 0 Å². The predicted octanol–water partition coefficient (Wildman–Crippen LogP) is 3.26. The Kier molecular flexibility index (Phi) is 2.76. The van der Waals surface area contributed by atoms with Crippen molar-refractivity contribution in [3.8, 4) is 0 Å². The molecule has 1 unspecified atom stereocenters. The second kappa shape index (κ2) is 3.62. The van der Waals surface area contributed by atoms with E-state index in [1.54, 1.807) is 0 Å². The van der Waals surface area contributed by atoms with Gasteiger partial charge in [-0.05, 0) is 12.5 Å². The molecule has 0 fully saturated rings. The molecule has 0 spiro atoms. The maximum absolute atomic E-state index is 5.95. The number of hydrogen-bond acceptors (Lipinski definition) is 0. The van der Waals surface area contributed by atoms with Gasteiger partial charge in [0.05, 0.1) is 0 Å². The highest BCUT2D eigenvalue weighted by atomic mass is 35.5. The van der Waals surface area contributed by atoms with Gasteiger partial charge in [0.2, 0.25) is 0 Å². The van der Waals surface area contributed by atoms with Crippen LogP contribution < -0.4 is 0 Å². The van der Waals surface area contributed by atoms with E-state index in [1.807, 2.05) is 24.3 Å². The molecule has 0 radical (unpaired) electrons. The predicted molar refractivity (Wildman–Crippen MR) is 46.0 cm³/mol. The Hall–Kier alpha value is -0.490. The Morgan fingerprint density at radius 2 is 2.20 bits per heavy atom. The lowest BCUT2D eigenvalue weighted by atomic mass is 10.1. The van der Waals surface area contributed by atoms with E-state index < -0.39 is 0 Å². The molecule has 1 aliphatic rings. The molecule has 0 aliphatic heterocycles. The zero-order valence-electron chi connectivity index (χ0n) is 6.05. The summed E-state index contributed by atoms with van der Waals surface area (Å²) in [5.74, 6) is 0.427. The standard InChI is InChI=1S/C9H11Cl/c1-2-8-6-4-3-5-7-9(8)10/h3-8H,2H2,1H3. The van der Waals surface area contributed by atoms with Crippen molar-refractivity contribution in [2.45, 2.75) is 13.3 Å². The Balaban J connectivity index is 2.75. The van der Waals surface area contributed by atoms with E-state index in [0.717, 1.165) is 11.5 Å². The molecule has 0 saturated carbocycles. The lowest BCUT2D eigenvalue weighted by Gasteiger charge is -2.05. The van der Waals surface area contributed by atoms with Crippen molar-refractivity contribution in [3.63, 3.8) is 0 Å². The van der Waals surface area contributed by atoms with E-state index in [4.69, 9.17) is 11.6 Å². The first kappa shape index (κ1) is 7.62. The average Bonchev–Trinajstić information content (AvgIpc) is 2.13. The first-order valence-corrected chi connectivity index (χ1v) is 3.93. The highest BCUT2D eigenvalue weighted by Gasteiger charge is 2.05. The van der Waals surface area contributed by atoms with Crippen molar-refractivity contribution < 1.29 is 0 Å². The Morgan fingerprint density at radius 3 is 2.90 bits per heavy atom. The van der Waals surface area contributed by atoms with Crippen LogP contribution in [0, 0.1) is 5.92 Å². The summed E-state index contributed by atoms with van der Waals surface area (Å²) in [4.78, 5) is 0. The van der Waals surface area contributed by atoms with Gasteiger partial charge in [-0.2, -0.15) is 0 Å². The van der Waals surface area contributed by atoms with Crippen molar-refractivity contribution >= 4 is 11.6 Å². The summed E-state index contributed by atoms with van der Waals surface area (Å²) in [5, 5.41) is 0.938. The fourth-order valence-corrected chi connectivity index (χ4v) is 1.26. The number of allylic oxidation sites excluding steroid dienone is 6. The molecule has 0 heterocycles. The Morgan fingerprint density at radius 1 is 1.40 bits per heavy atom. The molecule has 0 bridgehead atoms. The molecule has 10 heavy (non-hydrogen) atoms. The van der Waals surface area contributed by atoms with E-state index >= 15 is 0 Å². The van der Waals surface area contributed by atoms with Crippen LogP contribution >= 0.6 is 11.6 Å². The van der Waals surface area contributed by atoms with Crippen molar-refractivity contribution in [1.82, 2.24) is 0 Å². The minimum absolute atomic E-state index is 0.427. The molecule has 0 nitrogen and oxygen atoms in total. The minimum atomic E-state index is 0.427. The van der Waals surface area contributed by atoms with Crippen molar-refractivity contribution in [1.29, 1.82) is 0 Å². The van der Waals surface area contributed by atoms with Crippen LogP contribution in [-0.4, -0.2) is 0 Å². The summed E-state index contributed by atoms with van der Waals surface area (Å²) < 4.78 is 0. The number of halogens is 1. The molecular formula is C9H11Cl. The summed E-state index contributed by atoms with van der Waals surface area (Å²) in [6.45, 7) is 2.14. The smallest absolute Gasteiger partial charge is 0.0249 e. The molecule has 0 N–H and O–H groups in total. The van der Waals surface area contributed by atoms with Gasteiger partial charge in [-0.3, -0.25) is 0 Å². The topological polar surface area (TPSA) is 0 Å². The van der Waals surface area contributed by atoms with E-state index in [1.165, 1.54) is 0 Å². The van der Waals surface area contributed by atoms with Gasteiger partial charge >= 0.3 is 0 Å². The molecule has 54 valence electrons. The van der Waals surface area contributed by atoms with Crippen LogP contribution in [0.5, 0.6) is 0 Å². The fraction of sp³-hybridized carbons (Fsp3) is 0.333. The van der Waals surface area contributed by atoms with Gasteiger partial charge in [0.1, 0.15) is 0 Å². The van der Waals surface area contributed by atoms with Gasteiger partial charge in [-0.15, -0.1) is 0 Å². The number of hydrogen-bond donors (Lipinski definition) is 0. The minimum Gasteiger partial charge on any atom is -0.0885 e. The Labute approximate surface area is 66.9 Å². The molecule has 1 atom stereocenters. The third-order valence-electron chi connectivity index (χ3n) is 1.62. The quantitative estimate of drug-likeness (QED) is 0.544. The first-order chi connectivity index (χ1) is 4.84. The third kappa shape index (κ3) is 1.74. The first-order valence-electron chi connectivity index (χ1n) is 3.55. The second-order valence-corrected chi connectivity index (χ2v) is 2.77. The molecular weight excluding hydrogens is 144 g/mol. The van der Waals surface area contributed by atoms with E-state index in [2.05, 4.69) is 13.0 Å². The summed E-state index contributed by atoms with van der Waals surface area (Å²) in [6, 6.07) is 0. The average molecular weight is 155 g/mol. The second-order valence-electron chi connectivity index (χ2n) is 2.34. The zero-order chi connectivity index (χ0) is 7.40. The van der Waals surface area contributed by atoms with Crippen molar-refractivity contribution in [2.24, 2.45) is 5.92 Å². The van der Waals surface area contributed by atoms with Gasteiger partial charge in [0.15, 0.2) is 0 Å². The summed E-state index contributed by atoms with van der Waals surface area (Å²) in [6.07, 6.45) is 11.2. The van der Waals surface area contributed by atoms with Crippen LogP contribution in [0.1, 0.15) is 13.3 Å². The fourth-order valence-electron chi connectivity index (χ4n) is 0.957. The van der Waals surface area contributed by atoms with Crippen LogP contribution in [0.15, 0.2) is 35.4 Å². The largest absolute Gasteiger partial charge is 0.0885 e. The van der Waals surface area contributed by atoms with Crippen LogP contribution in [0.25, 0.3) is 0 Å². The maximum atomic E-state index is 5.95. The molecule has 0 amide bonds. The van der Waals surface area contributed by atoms with E-state index in [-0.39, 0.29) is 0 Å². The van der Waals surface area contributed by atoms with Gasteiger partial charge in [0, 0.05) is 11.0 Å². The van der Waals surface area contributed by atoms with Crippen LogP contribution in [-0.2, 0) is 0 Å². The third-order valence-corrected chi connectivity index (χ3v) is 2.02. The Bertz CT molecular complexity index is 187. The normalized spacial score (nSPS) is 24.2. The molecule has 0 aromatic heterocycles. The molecule has 0 aromatic carbocycles. The molecule has 1 rings (SSSR count). The summed E-state index contributed by atoms with van der Waals surface area (Å²) in [5.41, 5.74) is 0. The van der Waals surface area contributed by atoms with Gasteiger partial charge < -0.3 is 0 Å². The van der Waals surface area contributed by atoms with Crippen LogP contribution in [0.2, 0.25) is 0 Å². The van der Waals surface area contributed by atoms with Crippen LogP contribution in [0.4, 0.5) is 0 Å². The molecule has 0 saturated heterocycles. The lowest BCUT2D eigenvalue weighted by molar-refractivity contribution is 0.761. The van der Waals surface area contributed by atoms with Crippen molar-refractivity contribution in [2.75, 3.05) is 0 Å². The van der Waals surface area contributed by atoms with Gasteiger partial charge in [-0.1, -0.05) is 42.8 Å². The highest BCUT2D eigenvalue weighted by Crippen LogP contribution is 2.21.